The van der Waals surface area contributed by atoms with Gasteiger partial charge in [0.25, 0.3) is 11.8 Å². The third-order valence-corrected chi connectivity index (χ3v) is 4.96. The van der Waals surface area contributed by atoms with Crippen LogP contribution in [0.25, 0.3) is 0 Å². The molecule has 1 atom stereocenters. The molecule has 2 amide bonds. The monoisotopic (exact) mass is 441 g/mol. The van der Waals surface area contributed by atoms with Crippen LogP contribution in [0, 0.1) is 0 Å². The van der Waals surface area contributed by atoms with Gasteiger partial charge in [-0.05, 0) is 80.5 Å². The van der Waals surface area contributed by atoms with E-state index in [4.69, 9.17) is 17.0 Å². The van der Waals surface area contributed by atoms with Crippen molar-refractivity contribution >= 4 is 34.8 Å². The maximum atomic E-state index is 12.4. The molecule has 0 aliphatic heterocycles. The fourth-order valence-corrected chi connectivity index (χ4v) is 2.91. The standard InChI is InChI=1S/C24H31N3O3S/c1-4-6-7-16-30-21-14-10-19(11-15-21)23(29)27-24(31)26-20-12-8-18(9-13-20)22(28)25-17(3)5-2/h8-15,17H,4-7,16H2,1-3H3,(H,25,28)(H2,26,27,29,31). The Labute approximate surface area is 189 Å². The summed E-state index contributed by atoms with van der Waals surface area (Å²) >= 11 is 5.23. The van der Waals surface area contributed by atoms with Crippen molar-refractivity contribution in [2.45, 2.75) is 52.5 Å². The van der Waals surface area contributed by atoms with Crippen molar-refractivity contribution in [2.24, 2.45) is 0 Å². The number of ether oxygens (including phenoxy) is 1. The van der Waals surface area contributed by atoms with Crippen LogP contribution in [0.1, 0.15) is 67.2 Å². The summed E-state index contributed by atoms with van der Waals surface area (Å²) in [5.41, 5.74) is 1.74. The Hall–Kier alpha value is -2.93. The first kappa shape index (κ1) is 24.3. The van der Waals surface area contributed by atoms with E-state index in [0.717, 1.165) is 31.4 Å². The first-order valence-electron chi connectivity index (χ1n) is 10.7. The molecule has 3 N–H and O–H groups in total. The highest BCUT2D eigenvalue weighted by molar-refractivity contribution is 7.80. The average molecular weight is 442 g/mol. The van der Waals surface area contributed by atoms with Crippen molar-refractivity contribution in [3.05, 3.63) is 59.7 Å². The largest absolute Gasteiger partial charge is 0.494 e. The molecule has 0 saturated carbocycles. The van der Waals surface area contributed by atoms with Gasteiger partial charge < -0.3 is 15.4 Å². The molecule has 0 heterocycles. The lowest BCUT2D eigenvalue weighted by Crippen LogP contribution is -2.34. The quantitative estimate of drug-likeness (QED) is 0.361. The van der Waals surface area contributed by atoms with Crippen molar-refractivity contribution in [2.75, 3.05) is 11.9 Å². The highest BCUT2D eigenvalue weighted by atomic mass is 32.1. The number of amides is 2. The van der Waals surface area contributed by atoms with Gasteiger partial charge in [-0.2, -0.15) is 0 Å². The normalized spacial score (nSPS) is 11.3. The van der Waals surface area contributed by atoms with Crippen LogP contribution >= 0.6 is 12.2 Å². The Bertz CT molecular complexity index is 867. The summed E-state index contributed by atoms with van der Waals surface area (Å²) in [4.78, 5) is 24.5. The van der Waals surface area contributed by atoms with Crippen LogP contribution in [-0.2, 0) is 0 Å². The first-order chi connectivity index (χ1) is 14.9. The molecular weight excluding hydrogens is 410 g/mol. The van der Waals surface area contributed by atoms with Crippen LogP contribution in [-0.4, -0.2) is 29.6 Å². The molecule has 2 rings (SSSR count). The SMILES string of the molecule is CCCCCOc1ccc(C(=O)NC(=S)Nc2ccc(C(=O)NC(C)CC)cc2)cc1. The van der Waals surface area contributed by atoms with Gasteiger partial charge in [0.15, 0.2) is 5.11 Å². The second kappa shape index (κ2) is 12.7. The topological polar surface area (TPSA) is 79.5 Å². The van der Waals surface area contributed by atoms with Crippen molar-refractivity contribution < 1.29 is 14.3 Å². The Kier molecular flexibility index (Phi) is 9.97. The van der Waals surface area contributed by atoms with E-state index < -0.39 is 0 Å². The van der Waals surface area contributed by atoms with E-state index in [0.29, 0.717) is 23.4 Å². The third kappa shape index (κ3) is 8.38. The molecule has 1 unspecified atom stereocenters. The van der Waals surface area contributed by atoms with Crippen molar-refractivity contribution in [3.8, 4) is 5.75 Å². The van der Waals surface area contributed by atoms with Crippen LogP contribution < -0.4 is 20.7 Å². The molecule has 0 bridgehead atoms. The smallest absolute Gasteiger partial charge is 0.257 e. The van der Waals surface area contributed by atoms with E-state index in [1.54, 1.807) is 48.5 Å². The van der Waals surface area contributed by atoms with Gasteiger partial charge >= 0.3 is 0 Å². The van der Waals surface area contributed by atoms with Gasteiger partial charge in [0, 0.05) is 22.9 Å². The van der Waals surface area contributed by atoms with Crippen molar-refractivity contribution in [1.29, 1.82) is 0 Å². The molecule has 6 nitrogen and oxygen atoms in total. The summed E-state index contributed by atoms with van der Waals surface area (Å²) in [5, 5.41) is 8.71. The summed E-state index contributed by atoms with van der Waals surface area (Å²) in [5.74, 6) is 0.319. The summed E-state index contributed by atoms with van der Waals surface area (Å²) in [6, 6.07) is 14.0. The molecule has 0 fully saturated rings. The summed E-state index contributed by atoms with van der Waals surface area (Å²) in [7, 11) is 0. The first-order valence-corrected chi connectivity index (χ1v) is 11.1. The number of nitrogens with one attached hydrogen (secondary N) is 3. The fourth-order valence-electron chi connectivity index (χ4n) is 2.70. The zero-order valence-electron chi connectivity index (χ0n) is 18.4. The number of anilines is 1. The molecule has 0 radical (unpaired) electrons. The van der Waals surface area contributed by atoms with E-state index in [9.17, 15) is 9.59 Å². The highest BCUT2D eigenvalue weighted by Gasteiger charge is 2.10. The molecular formula is C24H31N3O3S. The third-order valence-electron chi connectivity index (χ3n) is 4.76. The maximum absolute atomic E-state index is 12.4. The number of hydrogen-bond donors (Lipinski definition) is 3. The van der Waals surface area contributed by atoms with Crippen LogP contribution in [0.3, 0.4) is 0 Å². The van der Waals surface area contributed by atoms with Gasteiger partial charge in [0.1, 0.15) is 5.75 Å². The minimum Gasteiger partial charge on any atom is -0.494 e. The van der Waals surface area contributed by atoms with Crippen LogP contribution in [0.4, 0.5) is 5.69 Å². The summed E-state index contributed by atoms with van der Waals surface area (Å²) in [6.45, 7) is 6.80. The highest BCUT2D eigenvalue weighted by Crippen LogP contribution is 2.14. The number of unbranched alkanes of at least 4 members (excludes halogenated alkanes) is 2. The molecule has 0 aliphatic rings. The second-order valence-electron chi connectivity index (χ2n) is 7.35. The van der Waals surface area contributed by atoms with Crippen LogP contribution in [0.5, 0.6) is 5.75 Å². The van der Waals surface area contributed by atoms with E-state index in [1.807, 2.05) is 13.8 Å². The summed E-state index contributed by atoms with van der Waals surface area (Å²) in [6.07, 6.45) is 4.17. The molecule has 2 aromatic carbocycles. The van der Waals surface area contributed by atoms with E-state index in [-0.39, 0.29) is 23.0 Å². The number of carbonyl (C=O) groups is 2. The van der Waals surface area contributed by atoms with Gasteiger partial charge in [0.2, 0.25) is 0 Å². The lowest BCUT2D eigenvalue weighted by molar-refractivity contribution is 0.0937. The fraction of sp³-hybridized carbons (Fsp3) is 0.375. The van der Waals surface area contributed by atoms with Crippen LogP contribution in [0.15, 0.2) is 48.5 Å². The van der Waals surface area contributed by atoms with Gasteiger partial charge in [-0.15, -0.1) is 0 Å². The predicted molar refractivity (Wildman–Crippen MR) is 129 cm³/mol. The number of benzene rings is 2. The minimum absolute atomic E-state index is 0.116. The average Bonchev–Trinajstić information content (AvgIpc) is 2.77. The Morgan fingerprint density at radius 3 is 2.16 bits per heavy atom. The molecule has 0 saturated heterocycles. The van der Waals surface area contributed by atoms with Crippen molar-refractivity contribution in [3.63, 3.8) is 0 Å². The lowest BCUT2D eigenvalue weighted by atomic mass is 10.1. The Balaban J connectivity index is 1.83. The number of thiocarbonyl (C=S) groups is 1. The molecule has 31 heavy (non-hydrogen) atoms. The number of carbonyl (C=O) groups excluding carboxylic acids is 2. The molecule has 7 heteroatoms. The zero-order chi connectivity index (χ0) is 22.6. The lowest BCUT2D eigenvalue weighted by Gasteiger charge is -2.13. The Morgan fingerprint density at radius 1 is 0.935 bits per heavy atom. The van der Waals surface area contributed by atoms with E-state index in [1.165, 1.54) is 0 Å². The maximum Gasteiger partial charge on any atom is 0.257 e. The molecule has 0 aliphatic carbocycles. The summed E-state index contributed by atoms with van der Waals surface area (Å²) < 4.78 is 5.66. The predicted octanol–water partition coefficient (Wildman–Crippen LogP) is 4.91. The van der Waals surface area contributed by atoms with Crippen LogP contribution in [0.2, 0.25) is 0 Å². The zero-order valence-corrected chi connectivity index (χ0v) is 19.2. The van der Waals surface area contributed by atoms with Crippen molar-refractivity contribution in [1.82, 2.24) is 10.6 Å². The molecule has 166 valence electrons. The van der Waals surface area contributed by atoms with Gasteiger partial charge in [-0.25, -0.2) is 0 Å². The number of hydrogen-bond acceptors (Lipinski definition) is 4. The Morgan fingerprint density at radius 2 is 1.55 bits per heavy atom. The van der Waals surface area contributed by atoms with E-state index >= 15 is 0 Å². The molecule has 0 aromatic heterocycles. The van der Waals surface area contributed by atoms with Gasteiger partial charge in [-0.1, -0.05) is 26.7 Å². The number of rotatable bonds is 10. The van der Waals surface area contributed by atoms with Gasteiger partial charge in [-0.3, -0.25) is 14.9 Å². The second-order valence-corrected chi connectivity index (χ2v) is 7.76. The minimum atomic E-state index is -0.306. The van der Waals surface area contributed by atoms with E-state index in [2.05, 4.69) is 22.9 Å². The molecule has 0 spiro atoms. The van der Waals surface area contributed by atoms with Gasteiger partial charge in [0.05, 0.1) is 6.61 Å². The molecule has 2 aromatic rings.